The topological polar surface area (TPSA) is 149 Å². The molecule has 6 aromatic rings. The lowest BCUT2D eigenvalue weighted by Gasteiger charge is -2.29. The van der Waals surface area contributed by atoms with Gasteiger partial charge in [0.2, 0.25) is 0 Å². The Labute approximate surface area is 285 Å². The average Bonchev–Trinajstić information content (AvgIpc) is 3.59. The predicted molar refractivity (Wildman–Crippen MR) is 186 cm³/mol. The number of aliphatic carboxylic acids is 1. The molecule has 0 saturated carbocycles. The largest absolute Gasteiger partial charge is 0.480 e. The molecule has 1 atom stereocenters. The molecule has 0 bridgehead atoms. The van der Waals surface area contributed by atoms with E-state index in [1.54, 1.807) is 72.6 Å². The lowest BCUT2D eigenvalue weighted by Crippen LogP contribution is -2.42. The highest BCUT2D eigenvalue weighted by Gasteiger charge is 2.29. The van der Waals surface area contributed by atoms with Gasteiger partial charge in [0.25, 0.3) is 17.4 Å². The number of hydrogen-bond donors (Lipinski definition) is 2. The number of benzene rings is 4. The van der Waals surface area contributed by atoms with Crippen molar-refractivity contribution in [2.75, 3.05) is 6.54 Å². The van der Waals surface area contributed by atoms with Crippen LogP contribution in [0, 0.1) is 0 Å². The number of aromatic nitrogens is 4. The zero-order chi connectivity index (χ0) is 34.9. The molecule has 0 fully saturated rings. The van der Waals surface area contributed by atoms with E-state index in [-0.39, 0.29) is 23.7 Å². The third-order valence-corrected chi connectivity index (χ3v) is 8.99. The first-order valence-electron chi connectivity index (χ1n) is 16.0. The molecule has 0 radical (unpaired) electrons. The maximum atomic E-state index is 13.9. The van der Waals surface area contributed by atoms with Crippen LogP contribution in [0.2, 0.25) is 0 Å². The Bertz CT molecular complexity index is 2410. The Balaban J connectivity index is 1.19. The first-order valence-corrected chi connectivity index (χ1v) is 16.0. The quantitative estimate of drug-likeness (QED) is 0.252. The third-order valence-electron chi connectivity index (χ3n) is 8.99. The van der Waals surface area contributed by atoms with Gasteiger partial charge >= 0.3 is 11.7 Å². The SMILES string of the molecule is Cn1ccc(=O)n(-c2cccc3c(C[C@H](NC(=O)c4cc(C(=O)N5CCc6ccccc6C5)n(-c5ccccc5)n4)C(=O)O)cccc23)c1=O. The molecule has 1 aliphatic rings. The van der Waals surface area contributed by atoms with Crippen LogP contribution in [0.3, 0.4) is 0 Å². The van der Waals surface area contributed by atoms with Crippen LogP contribution in [0.25, 0.3) is 22.1 Å². The van der Waals surface area contributed by atoms with E-state index in [4.69, 9.17) is 0 Å². The fourth-order valence-electron chi connectivity index (χ4n) is 6.41. The molecule has 3 heterocycles. The Hall–Kier alpha value is -6.56. The molecule has 1 aliphatic heterocycles. The van der Waals surface area contributed by atoms with Gasteiger partial charge in [0.15, 0.2) is 5.69 Å². The lowest BCUT2D eigenvalue weighted by atomic mass is 9.97. The van der Waals surface area contributed by atoms with Crippen molar-refractivity contribution in [2.45, 2.75) is 25.4 Å². The number of nitrogens with zero attached hydrogens (tertiary/aromatic N) is 5. The van der Waals surface area contributed by atoms with Gasteiger partial charge in [-0.05, 0) is 46.7 Å². The molecule has 12 nitrogen and oxygen atoms in total. The summed E-state index contributed by atoms with van der Waals surface area (Å²) in [7, 11) is 1.55. The average molecular weight is 669 g/mol. The summed E-state index contributed by atoms with van der Waals surface area (Å²) < 4.78 is 3.77. The smallest absolute Gasteiger partial charge is 0.335 e. The van der Waals surface area contributed by atoms with Crippen LogP contribution in [0.5, 0.6) is 0 Å². The number of carboxylic acid groups (broad SMARTS) is 1. The Kier molecular flexibility index (Phi) is 8.42. The molecule has 250 valence electrons. The molecule has 0 unspecified atom stereocenters. The molecular formula is C38H32N6O6. The summed E-state index contributed by atoms with van der Waals surface area (Å²) in [4.78, 5) is 67.5. The number of hydrogen-bond acceptors (Lipinski definition) is 6. The van der Waals surface area contributed by atoms with E-state index < -0.39 is 29.2 Å². The summed E-state index contributed by atoms with van der Waals surface area (Å²) >= 11 is 0. The maximum absolute atomic E-state index is 13.9. The summed E-state index contributed by atoms with van der Waals surface area (Å²) in [6.45, 7) is 0.913. The van der Waals surface area contributed by atoms with Crippen molar-refractivity contribution in [3.63, 3.8) is 0 Å². The highest BCUT2D eigenvalue weighted by molar-refractivity contribution is 6.00. The summed E-state index contributed by atoms with van der Waals surface area (Å²) in [5, 5.41) is 18.5. The van der Waals surface area contributed by atoms with E-state index in [9.17, 15) is 29.1 Å². The first-order chi connectivity index (χ1) is 24.2. The molecule has 0 aliphatic carbocycles. The molecule has 2 aromatic heterocycles. The van der Waals surface area contributed by atoms with Gasteiger partial charge in [0.05, 0.1) is 11.4 Å². The van der Waals surface area contributed by atoms with E-state index in [0.29, 0.717) is 47.2 Å². The van der Waals surface area contributed by atoms with Crippen molar-refractivity contribution in [1.82, 2.24) is 29.1 Å². The summed E-state index contributed by atoms with van der Waals surface area (Å²) in [6, 6.07) is 28.5. The molecule has 2 amide bonds. The normalized spacial score (nSPS) is 13.1. The first kappa shape index (κ1) is 32.0. The molecule has 2 N–H and O–H groups in total. The van der Waals surface area contributed by atoms with Gasteiger partial charge in [0, 0.05) is 50.3 Å². The fraction of sp³-hybridized carbons (Fsp3) is 0.158. The van der Waals surface area contributed by atoms with Crippen molar-refractivity contribution < 1.29 is 19.5 Å². The standard InChI is InChI=1S/C38H32N6O6/c1-41-19-18-34(45)43(38(41)50)32-16-8-14-28-25(11-7-15-29(28)32)21-31(37(48)49)39-35(46)30-22-33(44(40-30)27-12-3-2-4-13-27)36(47)42-20-17-24-9-5-6-10-26(24)23-42/h2-16,18-19,22,31H,17,20-21,23H2,1H3,(H,39,46)(H,48,49)/t31-/m0/s1. The van der Waals surface area contributed by atoms with Crippen LogP contribution < -0.4 is 16.6 Å². The van der Waals surface area contributed by atoms with Gasteiger partial charge in [-0.2, -0.15) is 5.10 Å². The Morgan fingerprint density at radius 1 is 0.860 bits per heavy atom. The number of carbonyl (C=O) groups is 3. The van der Waals surface area contributed by atoms with Gasteiger partial charge < -0.3 is 19.9 Å². The van der Waals surface area contributed by atoms with E-state index in [0.717, 1.165) is 10.1 Å². The lowest BCUT2D eigenvalue weighted by molar-refractivity contribution is -0.139. The molecule has 0 spiro atoms. The maximum Gasteiger partial charge on any atom is 0.335 e. The van der Waals surface area contributed by atoms with E-state index in [2.05, 4.69) is 16.5 Å². The van der Waals surface area contributed by atoms with Crippen LogP contribution in [-0.4, -0.2) is 59.3 Å². The van der Waals surface area contributed by atoms with Crippen LogP contribution >= 0.6 is 0 Å². The number of rotatable bonds is 8. The van der Waals surface area contributed by atoms with Crippen LogP contribution in [0.4, 0.5) is 0 Å². The minimum absolute atomic E-state index is 0.109. The number of para-hydroxylation sites is 1. The second-order valence-electron chi connectivity index (χ2n) is 12.1. The minimum atomic E-state index is -1.37. The second-order valence-corrected chi connectivity index (χ2v) is 12.1. The number of nitrogens with one attached hydrogen (secondary N) is 1. The van der Waals surface area contributed by atoms with E-state index in [1.807, 2.05) is 24.3 Å². The molecule has 4 aromatic carbocycles. The van der Waals surface area contributed by atoms with Crippen LogP contribution in [-0.2, 0) is 31.2 Å². The monoisotopic (exact) mass is 668 g/mol. The minimum Gasteiger partial charge on any atom is -0.480 e. The third kappa shape index (κ3) is 5.98. The number of carboxylic acids is 1. The van der Waals surface area contributed by atoms with Crippen molar-refractivity contribution >= 4 is 28.6 Å². The van der Waals surface area contributed by atoms with Crippen LogP contribution in [0.1, 0.15) is 37.7 Å². The molecular weight excluding hydrogens is 636 g/mol. The molecule has 50 heavy (non-hydrogen) atoms. The Morgan fingerprint density at radius 2 is 1.58 bits per heavy atom. The zero-order valence-corrected chi connectivity index (χ0v) is 27.0. The number of aryl methyl sites for hydroxylation is 1. The zero-order valence-electron chi connectivity index (χ0n) is 27.0. The predicted octanol–water partition coefficient (Wildman–Crippen LogP) is 3.50. The van der Waals surface area contributed by atoms with Gasteiger partial charge in [-0.1, -0.05) is 72.8 Å². The van der Waals surface area contributed by atoms with E-state index in [1.165, 1.54) is 33.1 Å². The van der Waals surface area contributed by atoms with Crippen molar-refractivity contribution in [2.24, 2.45) is 7.05 Å². The number of amides is 2. The molecule has 12 heteroatoms. The number of fused-ring (bicyclic) bond motifs is 2. The summed E-state index contributed by atoms with van der Waals surface area (Å²) in [5.74, 6) is -2.33. The number of carbonyl (C=O) groups excluding carboxylic acids is 2. The van der Waals surface area contributed by atoms with Gasteiger partial charge in [0.1, 0.15) is 11.7 Å². The highest BCUT2D eigenvalue weighted by Crippen LogP contribution is 2.26. The van der Waals surface area contributed by atoms with Gasteiger partial charge in [-0.15, -0.1) is 0 Å². The summed E-state index contributed by atoms with van der Waals surface area (Å²) in [6.07, 6.45) is 1.98. The van der Waals surface area contributed by atoms with E-state index >= 15 is 0 Å². The van der Waals surface area contributed by atoms with Crippen molar-refractivity contribution in [3.05, 3.63) is 158 Å². The molecule has 7 rings (SSSR count). The van der Waals surface area contributed by atoms with Crippen molar-refractivity contribution in [3.8, 4) is 11.4 Å². The molecule has 0 saturated heterocycles. The van der Waals surface area contributed by atoms with Gasteiger partial charge in [-0.3, -0.25) is 14.4 Å². The summed E-state index contributed by atoms with van der Waals surface area (Å²) in [5.41, 5.74) is 2.79. The Morgan fingerprint density at radius 3 is 2.36 bits per heavy atom. The van der Waals surface area contributed by atoms with Gasteiger partial charge in [-0.25, -0.2) is 18.8 Å². The van der Waals surface area contributed by atoms with Crippen LogP contribution in [0.15, 0.2) is 119 Å². The van der Waals surface area contributed by atoms with Crippen molar-refractivity contribution in [1.29, 1.82) is 0 Å². The highest BCUT2D eigenvalue weighted by atomic mass is 16.4. The second kappa shape index (κ2) is 13.2. The fourth-order valence-corrected chi connectivity index (χ4v) is 6.41.